The minimum absolute atomic E-state index is 0.118. The predicted molar refractivity (Wildman–Crippen MR) is 105 cm³/mol. The highest BCUT2D eigenvalue weighted by molar-refractivity contribution is 5.78. The number of hydrogen-bond donors (Lipinski definition) is 2. The summed E-state index contributed by atoms with van der Waals surface area (Å²) < 4.78 is 16.6. The van der Waals surface area contributed by atoms with Crippen LogP contribution >= 0.6 is 0 Å². The van der Waals surface area contributed by atoms with E-state index in [0.29, 0.717) is 19.1 Å². The van der Waals surface area contributed by atoms with Gasteiger partial charge in [-0.1, -0.05) is 38.1 Å². The number of rotatable bonds is 4. The quantitative estimate of drug-likeness (QED) is 0.641. The molecule has 0 amide bonds. The maximum Gasteiger partial charge on any atom is 0.231 e. The van der Waals surface area contributed by atoms with E-state index < -0.39 is 0 Å². The van der Waals surface area contributed by atoms with Crippen LogP contribution in [0.2, 0.25) is 0 Å². The number of fused-ring (bicyclic) bond motifs is 2. The fourth-order valence-corrected chi connectivity index (χ4v) is 3.41. The zero-order valence-corrected chi connectivity index (χ0v) is 15.7. The van der Waals surface area contributed by atoms with Gasteiger partial charge in [-0.15, -0.1) is 0 Å². The van der Waals surface area contributed by atoms with E-state index in [0.717, 1.165) is 34.8 Å². The lowest BCUT2D eigenvalue weighted by molar-refractivity contribution is 0.174. The van der Waals surface area contributed by atoms with Crippen LogP contribution in [0.5, 0.6) is 17.2 Å². The summed E-state index contributed by atoms with van der Waals surface area (Å²) in [7, 11) is 0. The molecular formula is C21H25N3O3. The van der Waals surface area contributed by atoms with E-state index in [1.807, 2.05) is 30.3 Å². The van der Waals surface area contributed by atoms with Gasteiger partial charge in [-0.25, -0.2) is 0 Å². The molecule has 142 valence electrons. The number of aliphatic imine (C=N–C) groups is 1. The molecule has 0 aliphatic carbocycles. The summed E-state index contributed by atoms with van der Waals surface area (Å²) in [6.07, 6.45) is 0.860. The maximum absolute atomic E-state index is 6.19. The molecule has 0 saturated carbocycles. The molecule has 0 bridgehead atoms. The first kappa shape index (κ1) is 17.5. The summed E-state index contributed by atoms with van der Waals surface area (Å²) in [5.74, 6) is 2.94. The van der Waals surface area contributed by atoms with E-state index in [9.17, 15) is 0 Å². The van der Waals surface area contributed by atoms with Crippen LogP contribution in [-0.4, -0.2) is 25.9 Å². The fraction of sp³-hybridized carbons (Fsp3) is 0.381. The summed E-state index contributed by atoms with van der Waals surface area (Å²) in [6.45, 7) is 5.80. The van der Waals surface area contributed by atoms with E-state index in [1.54, 1.807) is 0 Å². The molecule has 0 radical (unpaired) electrons. The van der Waals surface area contributed by atoms with E-state index in [4.69, 9.17) is 19.9 Å². The van der Waals surface area contributed by atoms with Crippen LogP contribution < -0.4 is 25.3 Å². The Morgan fingerprint density at radius 3 is 2.81 bits per heavy atom. The van der Waals surface area contributed by atoms with Crippen LogP contribution in [0.1, 0.15) is 37.4 Å². The maximum atomic E-state index is 6.19. The van der Waals surface area contributed by atoms with Crippen molar-refractivity contribution in [3.05, 3.63) is 53.6 Å². The van der Waals surface area contributed by atoms with Crippen LogP contribution in [0.15, 0.2) is 47.5 Å². The molecule has 2 aromatic rings. The van der Waals surface area contributed by atoms with Gasteiger partial charge in [-0.3, -0.25) is 4.99 Å². The molecule has 4 rings (SSSR count). The van der Waals surface area contributed by atoms with Crippen LogP contribution in [0.4, 0.5) is 0 Å². The number of ether oxygens (including phenoxy) is 3. The van der Waals surface area contributed by atoms with Crippen molar-refractivity contribution < 1.29 is 14.2 Å². The molecule has 1 atom stereocenters. The number of guanidine groups is 1. The molecule has 0 saturated heterocycles. The molecule has 27 heavy (non-hydrogen) atoms. The Hall–Kier alpha value is -2.89. The molecule has 6 heteroatoms. The Balaban J connectivity index is 1.44. The van der Waals surface area contributed by atoms with Gasteiger partial charge in [0, 0.05) is 17.4 Å². The molecule has 2 aliphatic heterocycles. The van der Waals surface area contributed by atoms with Crippen molar-refractivity contribution in [3.8, 4) is 17.2 Å². The summed E-state index contributed by atoms with van der Waals surface area (Å²) in [5.41, 5.74) is 8.27. The van der Waals surface area contributed by atoms with Crippen LogP contribution in [-0.2, 0) is 5.41 Å². The van der Waals surface area contributed by atoms with Gasteiger partial charge in [0.05, 0.1) is 19.2 Å². The average molecular weight is 367 g/mol. The number of benzene rings is 2. The molecule has 2 aliphatic rings. The van der Waals surface area contributed by atoms with Crippen molar-refractivity contribution in [2.24, 2.45) is 10.7 Å². The Labute approximate surface area is 159 Å². The lowest BCUT2D eigenvalue weighted by atomic mass is 9.84. The number of nitrogens with zero attached hydrogens (tertiary/aromatic N) is 1. The standard InChI is InChI=1S/C21H25N3O3/c1-21(2,14-7-8-18-19(11-14)27-13-26-18)12-23-20(22)24-16-9-10-25-17-6-4-3-5-15(16)17/h3-8,11,16H,9-10,12-13H2,1-2H3,(H3,22,23,24). The predicted octanol–water partition coefficient (Wildman–Crippen LogP) is 3.12. The SMILES string of the molecule is CC(C)(CN=C(N)NC1CCOc2ccccc21)c1ccc2c(c1)OCO2. The van der Waals surface area contributed by atoms with Gasteiger partial charge in [0.1, 0.15) is 5.75 Å². The van der Waals surface area contributed by atoms with Gasteiger partial charge >= 0.3 is 0 Å². The second-order valence-electron chi connectivity index (χ2n) is 7.53. The highest BCUT2D eigenvalue weighted by atomic mass is 16.7. The first-order valence-corrected chi connectivity index (χ1v) is 9.21. The van der Waals surface area contributed by atoms with Crippen molar-refractivity contribution in [1.82, 2.24) is 5.32 Å². The monoisotopic (exact) mass is 367 g/mol. The Morgan fingerprint density at radius 2 is 1.93 bits per heavy atom. The fourth-order valence-electron chi connectivity index (χ4n) is 3.41. The van der Waals surface area contributed by atoms with Gasteiger partial charge < -0.3 is 25.3 Å². The summed E-state index contributed by atoms with van der Waals surface area (Å²) in [6, 6.07) is 14.2. The first-order chi connectivity index (χ1) is 13.0. The lowest BCUT2D eigenvalue weighted by Gasteiger charge is -2.28. The Morgan fingerprint density at radius 1 is 1.11 bits per heavy atom. The van der Waals surface area contributed by atoms with Gasteiger partial charge in [-0.05, 0) is 23.8 Å². The minimum atomic E-state index is -0.180. The molecule has 3 N–H and O–H groups in total. The largest absolute Gasteiger partial charge is 0.493 e. The van der Waals surface area contributed by atoms with Gasteiger partial charge in [0.25, 0.3) is 0 Å². The third kappa shape index (κ3) is 3.65. The smallest absolute Gasteiger partial charge is 0.231 e. The zero-order valence-electron chi connectivity index (χ0n) is 15.7. The van der Waals surface area contributed by atoms with E-state index in [1.165, 1.54) is 0 Å². The zero-order chi connectivity index (χ0) is 18.9. The van der Waals surface area contributed by atoms with E-state index in [2.05, 4.69) is 36.3 Å². The van der Waals surface area contributed by atoms with Crippen molar-refractivity contribution in [1.29, 1.82) is 0 Å². The van der Waals surface area contributed by atoms with Crippen LogP contribution in [0.3, 0.4) is 0 Å². The average Bonchev–Trinajstić information content (AvgIpc) is 3.15. The topological polar surface area (TPSA) is 78.1 Å². The summed E-state index contributed by atoms with van der Waals surface area (Å²) in [5, 5.41) is 3.34. The highest BCUT2D eigenvalue weighted by Gasteiger charge is 2.25. The molecule has 1 unspecified atom stereocenters. The second-order valence-corrected chi connectivity index (χ2v) is 7.53. The molecule has 2 heterocycles. The molecule has 2 aromatic carbocycles. The lowest BCUT2D eigenvalue weighted by Crippen LogP contribution is -2.38. The van der Waals surface area contributed by atoms with Crippen LogP contribution in [0, 0.1) is 0 Å². The van der Waals surface area contributed by atoms with Crippen molar-refractivity contribution in [2.75, 3.05) is 19.9 Å². The number of nitrogens with one attached hydrogen (secondary N) is 1. The van der Waals surface area contributed by atoms with Crippen molar-refractivity contribution in [2.45, 2.75) is 31.7 Å². The van der Waals surface area contributed by atoms with Gasteiger partial charge in [-0.2, -0.15) is 0 Å². The van der Waals surface area contributed by atoms with E-state index in [-0.39, 0.29) is 18.2 Å². The highest BCUT2D eigenvalue weighted by Crippen LogP contribution is 2.36. The molecule has 0 spiro atoms. The molecular weight excluding hydrogens is 342 g/mol. The molecule has 0 fully saturated rings. The van der Waals surface area contributed by atoms with Crippen LogP contribution in [0.25, 0.3) is 0 Å². The van der Waals surface area contributed by atoms with Gasteiger partial charge in [0.2, 0.25) is 6.79 Å². The number of para-hydroxylation sites is 1. The van der Waals surface area contributed by atoms with Gasteiger partial charge in [0.15, 0.2) is 17.5 Å². The second kappa shape index (κ2) is 7.02. The first-order valence-electron chi connectivity index (χ1n) is 9.21. The summed E-state index contributed by atoms with van der Waals surface area (Å²) in [4.78, 5) is 4.60. The Kier molecular flexibility index (Phi) is 4.56. The Bertz CT molecular complexity index is 864. The number of hydrogen-bond acceptors (Lipinski definition) is 4. The third-order valence-corrected chi connectivity index (χ3v) is 5.08. The normalized spacial score (nSPS) is 18.6. The molecule has 6 nitrogen and oxygen atoms in total. The molecule has 0 aromatic heterocycles. The number of nitrogens with two attached hydrogens (primary N) is 1. The summed E-state index contributed by atoms with van der Waals surface area (Å²) >= 11 is 0. The van der Waals surface area contributed by atoms with Crippen molar-refractivity contribution in [3.63, 3.8) is 0 Å². The van der Waals surface area contributed by atoms with E-state index >= 15 is 0 Å². The van der Waals surface area contributed by atoms with Crippen molar-refractivity contribution >= 4 is 5.96 Å². The third-order valence-electron chi connectivity index (χ3n) is 5.08. The minimum Gasteiger partial charge on any atom is -0.493 e.